The van der Waals surface area contributed by atoms with Gasteiger partial charge >= 0.3 is 5.97 Å². The predicted molar refractivity (Wildman–Crippen MR) is 75.8 cm³/mol. The molecule has 0 bridgehead atoms. The highest BCUT2D eigenvalue weighted by Gasteiger charge is 2.02. The molecule has 96 valence electrons. The fourth-order valence-corrected chi connectivity index (χ4v) is 1.79. The Hall–Kier alpha value is -2.42. The van der Waals surface area contributed by atoms with Crippen LogP contribution in [0.25, 0.3) is 17.3 Å². The minimum Gasteiger partial charge on any atom is -0.478 e. The van der Waals surface area contributed by atoms with Gasteiger partial charge in [-0.3, -0.25) is 4.98 Å². The molecular weight excluding hydrogens is 238 g/mol. The maximum Gasteiger partial charge on any atom is 0.328 e. The van der Waals surface area contributed by atoms with E-state index in [2.05, 4.69) is 4.98 Å². The lowest BCUT2D eigenvalue weighted by molar-refractivity contribution is -0.131. The van der Waals surface area contributed by atoms with Crippen molar-refractivity contribution in [3.63, 3.8) is 0 Å². The van der Waals surface area contributed by atoms with Crippen LogP contribution in [0.4, 0.5) is 0 Å². The molecule has 0 radical (unpaired) electrons. The van der Waals surface area contributed by atoms with Gasteiger partial charge in [-0.25, -0.2) is 4.79 Å². The Bertz CT molecular complexity index is 628. The van der Waals surface area contributed by atoms with Crippen LogP contribution in [0.3, 0.4) is 0 Å². The monoisotopic (exact) mass is 253 g/mol. The predicted octanol–water partition coefficient (Wildman–Crippen LogP) is 3.46. The molecule has 0 aliphatic carbocycles. The largest absolute Gasteiger partial charge is 0.478 e. The fraction of sp³-hybridized carbons (Fsp3) is 0.125. The average molecular weight is 253 g/mol. The lowest BCUT2D eigenvalue weighted by Crippen LogP contribution is -1.92. The summed E-state index contributed by atoms with van der Waals surface area (Å²) < 4.78 is 0. The summed E-state index contributed by atoms with van der Waals surface area (Å²) in [5.41, 5.74) is 4.79. The third kappa shape index (κ3) is 3.28. The molecule has 0 aliphatic rings. The molecule has 1 N–H and O–H groups in total. The van der Waals surface area contributed by atoms with E-state index in [4.69, 9.17) is 5.11 Å². The fourth-order valence-electron chi connectivity index (χ4n) is 1.79. The van der Waals surface area contributed by atoms with E-state index in [0.717, 1.165) is 28.6 Å². The van der Waals surface area contributed by atoms with Gasteiger partial charge in [-0.05, 0) is 31.6 Å². The summed E-state index contributed by atoms with van der Waals surface area (Å²) in [4.78, 5) is 15.0. The number of aromatic nitrogens is 1. The topological polar surface area (TPSA) is 50.2 Å². The minimum atomic E-state index is -0.956. The highest BCUT2D eigenvalue weighted by atomic mass is 16.4. The number of aryl methyl sites for hydroxylation is 2. The maximum atomic E-state index is 10.5. The first-order chi connectivity index (χ1) is 9.06. The molecule has 0 spiro atoms. The third-order valence-electron chi connectivity index (χ3n) is 2.88. The summed E-state index contributed by atoms with van der Waals surface area (Å²) in [5.74, 6) is -0.956. The highest BCUT2D eigenvalue weighted by molar-refractivity contribution is 5.85. The number of rotatable bonds is 3. The normalized spacial score (nSPS) is 10.8. The number of carboxylic acids is 1. The Balaban J connectivity index is 2.33. The summed E-state index contributed by atoms with van der Waals surface area (Å²) >= 11 is 0. The molecule has 3 heteroatoms. The number of carboxylic acid groups (broad SMARTS) is 1. The first-order valence-corrected chi connectivity index (χ1v) is 6.02. The van der Waals surface area contributed by atoms with Crippen LogP contribution in [0.5, 0.6) is 0 Å². The van der Waals surface area contributed by atoms with Gasteiger partial charge in [0, 0.05) is 17.3 Å². The molecule has 3 nitrogen and oxygen atoms in total. The lowest BCUT2D eigenvalue weighted by Gasteiger charge is -2.05. The molecule has 2 rings (SSSR count). The molecule has 0 atom stereocenters. The van der Waals surface area contributed by atoms with Crippen molar-refractivity contribution in [1.82, 2.24) is 4.98 Å². The summed E-state index contributed by atoms with van der Waals surface area (Å²) in [7, 11) is 0. The zero-order valence-electron chi connectivity index (χ0n) is 10.9. The standard InChI is InChI=1S/C16H15NO2/c1-11-3-5-14(6-4-11)15-9-7-13(12(2)17-15)8-10-16(18)19/h3-10H,1-2H3,(H,18,19)/b10-8+. The van der Waals surface area contributed by atoms with Gasteiger partial charge in [-0.1, -0.05) is 35.9 Å². The van der Waals surface area contributed by atoms with E-state index in [1.165, 1.54) is 5.56 Å². The van der Waals surface area contributed by atoms with Gasteiger partial charge in [-0.15, -0.1) is 0 Å². The van der Waals surface area contributed by atoms with E-state index in [-0.39, 0.29) is 0 Å². The molecule has 19 heavy (non-hydrogen) atoms. The second-order valence-electron chi connectivity index (χ2n) is 4.41. The van der Waals surface area contributed by atoms with Crippen molar-refractivity contribution in [2.24, 2.45) is 0 Å². The second-order valence-corrected chi connectivity index (χ2v) is 4.41. The van der Waals surface area contributed by atoms with Crippen molar-refractivity contribution >= 4 is 12.0 Å². The van der Waals surface area contributed by atoms with Crippen LogP contribution in [0.1, 0.15) is 16.8 Å². The number of carbonyl (C=O) groups is 1. The van der Waals surface area contributed by atoms with E-state index in [9.17, 15) is 4.79 Å². The molecule has 1 aromatic carbocycles. The third-order valence-corrected chi connectivity index (χ3v) is 2.88. The number of aliphatic carboxylic acids is 1. The molecule has 0 amide bonds. The quantitative estimate of drug-likeness (QED) is 0.852. The van der Waals surface area contributed by atoms with Crippen LogP contribution >= 0.6 is 0 Å². The Morgan fingerprint density at radius 1 is 1.11 bits per heavy atom. The second kappa shape index (κ2) is 5.48. The Labute approximate surface area is 112 Å². The van der Waals surface area contributed by atoms with Crippen molar-refractivity contribution in [3.8, 4) is 11.3 Å². The SMILES string of the molecule is Cc1ccc(-c2ccc(/C=C/C(=O)O)c(C)n2)cc1. The number of hydrogen-bond acceptors (Lipinski definition) is 2. The van der Waals surface area contributed by atoms with E-state index in [0.29, 0.717) is 0 Å². The molecule has 1 aromatic heterocycles. The Morgan fingerprint density at radius 3 is 2.37 bits per heavy atom. The molecular formula is C16H15NO2. The van der Waals surface area contributed by atoms with Gasteiger partial charge in [-0.2, -0.15) is 0 Å². The summed E-state index contributed by atoms with van der Waals surface area (Å²) in [6, 6.07) is 11.9. The molecule has 1 heterocycles. The van der Waals surface area contributed by atoms with Gasteiger partial charge in [0.05, 0.1) is 5.69 Å². The molecule has 0 saturated carbocycles. The van der Waals surface area contributed by atoms with Crippen LogP contribution in [-0.4, -0.2) is 16.1 Å². The van der Waals surface area contributed by atoms with Crippen LogP contribution in [0.15, 0.2) is 42.5 Å². The summed E-state index contributed by atoms with van der Waals surface area (Å²) in [6.07, 6.45) is 2.68. The van der Waals surface area contributed by atoms with E-state index < -0.39 is 5.97 Å². The van der Waals surface area contributed by atoms with Gasteiger partial charge < -0.3 is 5.11 Å². The maximum absolute atomic E-state index is 10.5. The summed E-state index contributed by atoms with van der Waals surface area (Å²) in [6.45, 7) is 3.92. The first-order valence-electron chi connectivity index (χ1n) is 6.02. The average Bonchev–Trinajstić information content (AvgIpc) is 2.38. The van der Waals surface area contributed by atoms with Gasteiger partial charge in [0.1, 0.15) is 0 Å². The first kappa shape index (κ1) is 13.0. The molecule has 2 aromatic rings. The van der Waals surface area contributed by atoms with Crippen LogP contribution in [-0.2, 0) is 4.79 Å². The van der Waals surface area contributed by atoms with E-state index >= 15 is 0 Å². The van der Waals surface area contributed by atoms with Crippen LogP contribution < -0.4 is 0 Å². The Kier molecular flexibility index (Phi) is 3.76. The smallest absolute Gasteiger partial charge is 0.328 e. The van der Waals surface area contributed by atoms with Gasteiger partial charge in [0.15, 0.2) is 0 Å². The van der Waals surface area contributed by atoms with Gasteiger partial charge in [0.2, 0.25) is 0 Å². The van der Waals surface area contributed by atoms with Crippen molar-refractivity contribution in [1.29, 1.82) is 0 Å². The number of pyridine rings is 1. The summed E-state index contributed by atoms with van der Waals surface area (Å²) in [5, 5.41) is 8.62. The highest BCUT2D eigenvalue weighted by Crippen LogP contribution is 2.20. The zero-order valence-corrected chi connectivity index (χ0v) is 10.9. The minimum absolute atomic E-state index is 0.815. The lowest BCUT2D eigenvalue weighted by atomic mass is 10.1. The van der Waals surface area contributed by atoms with Gasteiger partial charge in [0.25, 0.3) is 0 Å². The van der Waals surface area contributed by atoms with Crippen LogP contribution in [0.2, 0.25) is 0 Å². The van der Waals surface area contributed by atoms with Crippen molar-refractivity contribution in [3.05, 3.63) is 59.3 Å². The molecule has 0 aliphatic heterocycles. The van der Waals surface area contributed by atoms with Crippen molar-refractivity contribution in [2.75, 3.05) is 0 Å². The molecule has 0 unspecified atom stereocenters. The number of benzene rings is 1. The zero-order chi connectivity index (χ0) is 13.8. The van der Waals surface area contributed by atoms with E-state index in [1.54, 1.807) is 6.08 Å². The number of hydrogen-bond donors (Lipinski definition) is 1. The Morgan fingerprint density at radius 2 is 1.79 bits per heavy atom. The van der Waals surface area contributed by atoms with Crippen molar-refractivity contribution in [2.45, 2.75) is 13.8 Å². The molecule has 0 fully saturated rings. The van der Waals surface area contributed by atoms with Crippen LogP contribution in [0, 0.1) is 13.8 Å². The van der Waals surface area contributed by atoms with E-state index in [1.807, 2.05) is 50.2 Å². The molecule has 0 saturated heterocycles. The number of nitrogens with zero attached hydrogens (tertiary/aromatic N) is 1. The van der Waals surface area contributed by atoms with Crippen molar-refractivity contribution < 1.29 is 9.90 Å².